The number of amides is 2. The fourth-order valence-corrected chi connectivity index (χ4v) is 6.54. The number of hydrogen-bond donors (Lipinski definition) is 1. The van der Waals surface area contributed by atoms with E-state index in [2.05, 4.69) is 57.9 Å². The summed E-state index contributed by atoms with van der Waals surface area (Å²) in [6.45, 7) is 5.50. The van der Waals surface area contributed by atoms with Crippen molar-refractivity contribution in [3.05, 3.63) is 72.7 Å². The molecule has 1 saturated carbocycles. The minimum absolute atomic E-state index is 0. The summed E-state index contributed by atoms with van der Waals surface area (Å²) in [5.74, 6) is 0.489. The summed E-state index contributed by atoms with van der Waals surface area (Å²) < 4.78 is 2.30. The Morgan fingerprint density at radius 3 is 2.44 bits per heavy atom. The molecule has 5 aromatic rings. The molecule has 1 aliphatic carbocycles. The van der Waals surface area contributed by atoms with Crippen molar-refractivity contribution in [2.24, 2.45) is 0 Å². The van der Waals surface area contributed by atoms with Crippen molar-refractivity contribution in [1.82, 2.24) is 34.2 Å². The third-order valence-corrected chi connectivity index (χ3v) is 8.99. The number of hydrogen-bond acceptors (Lipinski definition) is 6. The van der Waals surface area contributed by atoms with Crippen LogP contribution in [-0.4, -0.2) is 86.6 Å². The van der Waals surface area contributed by atoms with Gasteiger partial charge in [-0.3, -0.25) is 4.90 Å². The van der Waals surface area contributed by atoms with Gasteiger partial charge in [-0.1, -0.05) is 42.0 Å². The van der Waals surface area contributed by atoms with E-state index < -0.39 is 0 Å². The molecule has 0 spiro atoms. The normalized spacial score (nSPS) is 18.8. The molecule has 3 aromatic heterocycles. The molecule has 43 heavy (non-hydrogen) atoms. The number of nitrogen functional groups attached to an aromatic ring is 1. The maximum atomic E-state index is 12.3. The zero-order chi connectivity index (χ0) is 29.0. The quantitative estimate of drug-likeness (QED) is 0.276. The van der Waals surface area contributed by atoms with E-state index in [0.29, 0.717) is 17.9 Å². The second-order valence-electron chi connectivity index (χ2n) is 11.7. The number of rotatable bonds is 4. The van der Waals surface area contributed by atoms with Crippen LogP contribution in [0, 0.1) is 13.0 Å². The van der Waals surface area contributed by atoms with Gasteiger partial charge in [0.15, 0.2) is 0 Å². The van der Waals surface area contributed by atoms with Crippen LogP contribution in [-0.2, 0) is 32.7 Å². The standard InChI is InChI=1S/C33H35N8O.Y/c1-21-26(11-9-23-10-12-28(37-30(21)23)22-7-5-4-6-8-22)27-19-41(32-29(27)31(34)35-20-36-32)25-17-24(18-25)39-13-15-40(16-14-39)33(42)38(2)3;/h4-9,11-12,19-20,24-25H,13-18H2,1-3H3,(H2,34,35,36);/q-1;. The third-order valence-electron chi connectivity index (χ3n) is 8.99. The molecule has 10 heteroatoms. The van der Waals surface area contributed by atoms with Crippen molar-refractivity contribution >= 4 is 33.8 Å². The summed E-state index contributed by atoms with van der Waals surface area (Å²) in [7, 11) is 3.63. The number of piperazine rings is 1. The van der Waals surface area contributed by atoms with Crippen molar-refractivity contribution in [3.63, 3.8) is 0 Å². The average Bonchev–Trinajstić information content (AvgIpc) is 3.37. The fourth-order valence-electron chi connectivity index (χ4n) is 6.54. The van der Waals surface area contributed by atoms with Crippen molar-refractivity contribution in [2.75, 3.05) is 46.0 Å². The Hall–Kier alpha value is -3.40. The first kappa shape index (κ1) is 29.7. The number of nitrogens with two attached hydrogens (primary N) is 1. The molecule has 0 unspecified atom stereocenters. The number of benzene rings is 2. The van der Waals surface area contributed by atoms with Gasteiger partial charge in [0.25, 0.3) is 0 Å². The fraction of sp³-hybridized carbons (Fsp3) is 0.333. The van der Waals surface area contributed by atoms with Crippen molar-refractivity contribution in [1.29, 1.82) is 0 Å². The molecule has 2 aromatic carbocycles. The molecule has 7 rings (SSSR count). The van der Waals surface area contributed by atoms with Gasteiger partial charge in [0, 0.05) is 96.8 Å². The van der Waals surface area contributed by atoms with Crippen LogP contribution in [0.15, 0.2) is 61.1 Å². The van der Waals surface area contributed by atoms with E-state index in [1.807, 2.05) is 43.3 Å². The van der Waals surface area contributed by atoms with Gasteiger partial charge in [0.05, 0.1) is 5.39 Å². The Morgan fingerprint density at radius 2 is 1.72 bits per heavy atom. The van der Waals surface area contributed by atoms with Gasteiger partial charge in [0.2, 0.25) is 0 Å². The Labute approximate surface area is 277 Å². The Morgan fingerprint density at radius 1 is 0.977 bits per heavy atom. The van der Waals surface area contributed by atoms with Gasteiger partial charge in [-0.05, 0) is 42.1 Å². The SMILES string of the molecule is Cc1c(-c2cn(C3CC(N4CCN(C(=O)N(C)C)CC4)C3)c3ncnc(N)c23)ccc2[c-]cc(-c3ccccc3)nc12.[Y]. The van der Waals surface area contributed by atoms with Gasteiger partial charge >= 0.3 is 6.03 Å². The van der Waals surface area contributed by atoms with Crippen LogP contribution in [0.3, 0.4) is 0 Å². The van der Waals surface area contributed by atoms with E-state index in [0.717, 1.165) is 88.9 Å². The summed E-state index contributed by atoms with van der Waals surface area (Å²) in [6.07, 6.45) is 5.86. The number of pyridine rings is 1. The van der Waals surface area contributed by atoms with Crippen LogP contribution < -0.4 is 5.73 Å². The van der Waals surface area contributed by atoms with Gasteiger partial charge in [0.1, 0.15) is 17.8 Å². The second kappa shape index (κ2) is 11.9. The van der Waals surface area contributed by atoms with Gasteiger partial charge in [-0.2, -0.15) is 0 Å². The number of aryl methyl sites for hydroxylation is 1. The van der Waals surface area contributed by atoms with E-state index in [1.165, 1.54) is 0 Å². The third kappa shape index (κ3) is 5.32. The average molecular weight is 649 g/mol. The predicted octanol–water partition coefficient (Wildman–Crippen LogP) is 5.00. The molecule has 2 amide bonds. The molecule has 9 nitrogen and oxygen atoms in total. The number of urea groups is 1. The van der Waals surface area contributed by atoms with Crippen LogP contribution in [0.5, 0.6) is 0 Å². The van der Waals surface area contributed by atoms with E-state index in [4.69, 9.17) is 15.7 Å². The maximum absolute atomic E-state index is 12.3. The minimum Gasteiger partial charge on any atom is -0.383 e. The number of anilines is 1. The summed E-state index contributed by atoms with van der Waals surface area (Å²) >= 11 is 0. The van der Waals surface area contributed by atoms with Crippen LogP contribution in [0.4, 0.5) is 10.6 Å². The number of nitrogens with zero attached hydrogens (tertiary/aromatic N) is 7. The predicted molar refractivity (Wildman–Crippen MR) is 166 cm³/mol. The molecule has 2 fully saturated rings. The van der Waals surface area contributed by atoms with Crippen molar-refractivity contribution < 1.29 is 37.5 Å². The zero-order valence-corrected chi connectivity index (χ0v) is 27.7. The molecule has 1 aliphatic heterocycles. The van der Waals surface area contributed by atoms with Crippen molar-refractivity contribution in [2.45, 2.75) is 31.8 Å². The second-order valence-corrected chi connectivity index (χ2v) is 11.7. The van der Waals surface area contributed by atoms with E-state index in [1.54, 1.807) is 11.2 Å². The summed E-state index contributed by atoms with van der Waals surface area (Å²) in [5.41, 5.74) is 13.5. The molecule has 4 heterocycles. The molecular formula is C33H35N8OY-. The first-order valence-electron chi connectivity index (χ1n) is 14.6. The van der Waals surface area contributed by atoms with Gasteiger partial charge in [-0.15, -0.1) is 23.6 Å². The Kier molecular flexibility index (Phi) is 8.24. The molecule has 1 saturated heterocycles. The van der Waals surface area contributed by atoms with Gasteiger partial charge in [-0.25, -0.2) is 14.8 Å². The molecular weight excluding hydrogens is 613 g/mol. The molecule has 1 radical (unpaired) electrons. The first-order chi connectivity index (χ1) is 20.4. The van der Waals surface area contributed by atoms with E-state index in [9.17, 15) is 4.79 Å². The summed E-state index contributed by atoms with van der Waals surface area (Å²) in [6, 6.07) is 20.8. The number of fused-ring (bicyclic) bond motifs is 2. The maximum Gasteiger partial charge on any atom is 0.319 e. The molecule has 2 aliphatic rings. The molecule has 0 bridgehead atoms. The topological polar surface area (TPSA) is 96.4 Å². The number of carbonyl (C=O) groups is 1. The molecule has 2 N–H and O–H groups in total. The largest absolute Gasteiger partial charge is 0.383 e. The monoisotopic (exact) mass is 648 g/mol. The summed E-state index contributed by atoms with van der Waals surface area (Å²) in [4.78, 5) is 32.6. The van der Waals surface area contributed by atoms with Crippen LogP contribution in [0.1, 0.15) is 24.4 Å². The van der Waals surface area contributed by atoms with E-state index in [-0.39, 0.29) is 38.7 Å². The Bertz CT molecular complexity index is 1790. The number of aromatic nitrogens is 4. The van der Waals surface area contributed by atoms with Crippen LogP contribution in [0.25, 0.3) is 44.3 Å². The van der Waals surface area contributed by atoms with Crippen LogP contribution in [0.2, 0.25) is 0 Å². The summed E-state index contributed by atoms with van der Waals surface area (Å²) in [5, 5.41) is 1.88. The minimum atomic E-state index is 0. The van der Waals surface area contributed by atoms with Crippen molar-refractivity contribution in [3.8, 4) is 22.4 Å². The molecule has 217 valence electrons. The van der Waals surface area contributed by atoms with E-state index >= 15 is 0 Å². The zero-order valence-electron chi connectivity index (χ0n) is 24.9. The smallest absolute Gasteiger partial charge is 0.319 e. The first-order valence-corrected chi connectivity index (χ1v) is 14.6. The van der Waals surface area contributed by atoms with Gasteiger partial charge < -0.3 is 25.1 Å². The Balaban J connectivity index is 0.00000329. The van der Waals surface area contributed by atoms with Crippen LogP contribution >= 0.6 is 0 Å². The molecule has 0 atom stereocenters. The number of carbonyl (C=O) groups excluding carboxylic acids is 1.